The minimum atomic E-state index is -0.723. The lowest BCUT2D eigenvalue weighted by Crippen LogP contribution is -1.91. The predicted octanol–water partition coefficient (Wildman–Crippen LogP) is 7.16. The van der Waals surface area contributed by atoms with Crippen LogP contribution in [0, 0.1) is 18.6 Å². The first-order valence-corrected chi connectivity index (χ1v) is 8.04. The summed E-state index contributed by atoms with van der Waals surface area (Å²) in [7, 11) is 0. The zero-order chi connectivity index (χ0) is 18.0. The van der Waals surface area contributed by atoms with E-state index in [1.807, 2.05) is 6.92 Å². The second-order valence-electron chi connectivity index (χ2n) is 5.31. The molecule has 0 aliphatic rings. The maximum Gasteiger partial charge on any atom is 0.146 e. The summed E-state index contributed by atoms with van der Waals surface area (Å²) in [4.78, 5) is 0. The summed E-state index contributed by atoms with van der Waals surface area (Å²) in [5, 5.41) is 0.908. The van der Waals surface area contributed by atoms with E-state index in [0.29, 0.717) is 27.3 Å². The van der Waals surface area contributed by atoms with E-state index < -0.39 is 11.6 Å². The van der Waals surface area contributed by atoms with Gasteiger partial charge in [-0.25, -0.2) is 8.78 Å². The number of ether oxygens (including phenoxy) is 2. The van der Waals surface area contributed by atoms with Gasteiger partial charge in [0.05, 0.1) is 5.02 Å². The normalized spacial score (nSPS) is 10.6. The van der Waals surface area contributed by atoms with Gasteiger partial charge in [0.25, 0.3) is 0 Å². The van der Waals surface area contributed by atoms with Crippen LogP contribution >= 0.6 is 23.2 Å². The Morgan fingerprint density at radius 2 is 1.40 bits per heavy atom. The van der Waals surface area contributed by atoms with E-state index in [2.05, 4.69) is 0 Å². The predicted molar refractivity (Wildman–Crippen MR) is 94.1 cm³/mol. The van der Waals surface area contributed by atoms with Gasteiger partial charge >= 0.3 is 0 Å². The van der Waals surface area contributed by atoms with Crippen LogP contribution in [0.3, 0.4) is 0 Å². The fraction of sp³-hybridized carbons (Fsp3) is 0.0526. The molecule has 2 nitrogen and oxygen atoms in total. The van der Waals surface area contributed by atoms with Gasteiger partial charge in [-0.3, -0.25) is 0 Å². The second-order valence-corrected chi connectivity index (χ2v) is 6.15. The third-order valence-electron chi connectivity index (χ3n) is 3.33. The van der Waals surface area contributed by atoms with E-state index in [1.54, 1.807) is 30.3 Å². The first-order valence-electron chi connectivity index (χ1n) is 7.28. The van der Waals surface area contributed by atoms with Crippen LogP contribution in [0.2, 0.25) is 10.0 Å². The first kappa shape index (κ1) is 17.5. The van der Waals surface area contributed by atoms with Gasteiger partial charge in [0, 0.05) is 29.3 Å². The van der Waals surface area contributed by atoms with E-state index >= 15 is 0 Å². The maximum absolute atomic E-state index is 13.2. The highest BCUT2D eigenvalue weighted by molar-refractivity contribution is 6.32. The number of benzene rings is 3. The summed E-state index contributed by atoms with van der Waals surface area (Å²) >= 11 is 12.1. The van der Waals surface area contributed by atoms with Crippen LogP contribution in [-0.4, -0.2) is 0 Å². The fourth-order valence-corrected chi connectivity index (χ4v) is 2.63. The Hall–Kier alpha value is -2.30. The standard InChI is InChI=1S/C19H12Cl2F2O2/c1-11-6-12(20)2-4-18(11)25-19-5-3-15(10-17(19)21)24-16-8-13(22)7-14(23)9-16/h2-10H,1H3. The van der Waals surface area contributed by atoms with Crippen LogP contribution in [0.25, 0.3) is 0 Å². The molecule has 0 amide bonds. The topological polar surface area (TPSA) is 18.5 Å². The van der Waals surface area contributed by atoms with Crippen LogP contribution in [-0.2, 0) is 0 Å². The number of aryl methyl sites for hydroxylation is 1. The summed E-state index contributed by atoms with van der Waals surface area (Å²) in [6, 6.07) is 12.9. The zero-order valence-electron chi connectivity index (χ0n) is 13.0. The third-order valence-corrected chi connectivity index (χ3v) is 3.86. The highest BCUT2D eigenvalue weighted by atomic mass is 35.5. The molecule has 128 valence electrons. The molecule has 3 rings (SSSR count). The lowest BCUT2D eigenvalue weighted by molar-refractivity contribution is 0.460. The molecule has 0 unspecified atom stereocenters. The molecule has 0 spiro atoms. The van der Waals surface area contributed by atoms with E-state index in [4.69, 9.17) is 32.7 Å². The number of hydrogen-bond acceptors (Lipinski definition) is 2. The van der Waals surface area contributed by atoms with E-state index in [0.717, 1.165) is 23.8 Å². The molecular weight excluding hydrogens is 369 g/mol. The molecule has 0 N–H and O–H groups in total. The highest BCUT2D eigenvalue weighted by Crippen LogP contribution is 2.35. The van der Waals surface area contributed by atoms with Crippen LogP contribution in [0.4, 0.5) is 8.78 Å². The minimum absolute atomic E-state index is 0.0378. The Labute approximate surface area is 153 Å². The molecule has 6 heteroatoms. The van der Waals surface area contributed by atoms with Gasteiger partial charge in [0.1, 0.15) is 34.6 Å². The summed E-state index contributed by atoms with van der Waals surface area (Å²) in [6.45, 7) is 1.87. The van der Waals surface area contributed by atoms with Crippen molar-refractivity contribution in [2.75, 3.05) is 0 Å². The third kappa shape index (κ3) is 4.41. The second kappa shape index (κ2) is 7.30. The molecule has 25 heavy (non-hydrogen) atoms. The molecule has 0 atom stereocenters. The SMILES string of the molecule is Cc1cc(Cl)ccc1Oc1ccc(Oc2cc(F)cc(F)c2)cc1Cl. The average Bonchev–Trinajstić information content (AvgIpc) is 2.51. The molecule has 0 saturated heterocycles. The highest BCUT2D eigenvalue weighted by Gasteiger charge is 2.09. The van der Waals surface area contributed by atoms with Crippen molar-refractivity contribution in [1.82, 2.24) is 0 Å². The van der Waals surface area contributed by atoms with Crippen LogP contribution in [0.1, 0.15) is 5.56 Å². The molecule has 0 bridgehead atoms. The van der Waals surface area contributed by atoms with Crippen molar-refractivity contribution in [2.45, 2.75) is 6.92 Å². The van der Waals surface area contributed by atoms with Gasteiger partial charge in [0.15, 0.2) is 0 Å². The summed E-state index contributed by atoms with van der Waals surface area (Å²) in [5.74, 6) is -0.0403. The monoisotopic (exact) mass is 380 g/mol. The van der Waals surface area contributed by atoms with E-state index in [-0.39, 0.29) is 5.75 Å². The van der Waals surface area contributed by atoms with Crippen molar-refractivity contribution in [3.63, 3.8) is 0 Å². The zero-order valence-corrected chi connectivity index (χ0v) is 14.5. The molecule has 0 radical (unpaired) electrons. The van der Waals surface area contributed by atoms with Gasteiger partial charge in [-0.1, -0.05) is 23.2 Å². The first-order chi connectivity index (χ1) is 11.9. The average molecular weight is 381 g/mol. The van der Waals surface area contributed by atoms with Crippen molar-refractivity contribution in [3.05, 3.63) is 81.8 Å². The molecule has 0 aliphatic carbocycles. The Morgan fingerprint density at radius 1 is 0.720 bits per heavy atom. The molecule has 3 aromatic carbocycles. The molecule has 0 fully saturated rings. The van der Waals surface area contributed by atoms with E-state index in [1.165, 1.54) is 6.07 Å². The van der Waals surface area contributed by atoms with Crippen molar-refractivity contribution in [3.8, 4) is 23.0 Å². The van der Waals surface area contributed by atoms with Crippen LogP contribution < -0.4 is 9.47 Å². The number of hydrogen-bond donors (Lipinski definition) is 0. The smallest absolute Gasteiger partial charge is 0.146 e. The molecule has 3 aromatic rings. The fourth-order valence-electron chi connectivity index (χ4n) is 2.20. The molecule has 0 heterocycles. The Morgan fingerprint density at radius 3 is 2.04 bits per heavy atom. The van der Waals surface area contributed by atoms with Crippen LogP contribution in [0.15, 0.2) is 54.6 Å². The largest absolute Gasteiger partial charge is 0.457 e. The van der Waals surface area contributed by atoms with Gasteiger partial charge in [-0.2, -0.15) is 0 Å². The quantitative estimate of drug-likeness (QED) is 0.477. The number of halogens is 4. The molecule has 0 aliphatic heterocycles. The molecular formula is C19H12Cl2F2O2. The maximum atomic E-state index is 13.2. The molecule has 0 aromatic heterocycles. The van der Waals surface area contributed by atoms with E-state index in [9.17, 15) is 8.78 Å². The minimum Gasteiger partial charge on any atom is -0.457 e. The van der Waals surface area contributed by atoms with Gasteiger partial charge < -0.3 is 9.47 Å². The van der Waals surface area contributed by atoms with Gasteiger partial charge in [-0.05, 0) is 42.8 Å². The lowest BCUT2D eigenvalue weighted by atomic mass is 10.2. The van der Waals surface area contributed by atoms with Crippen molar-refractivity contribution >= 4 is 23.2 Å². The van der Waals surface area contributed by atoms with Crippen molar-refractivity contribution in [1.29, 1.82) is 0 Å². The van der Waals surface area contributed by atoms with Gasteiger partial charge in [-0.15, -0.1) is 0 Å². The molecule has 0 saturated carbocycles. The van der Waals surface area contributed by atoms with Crippen molar-refractivity contribution in [2.24, 2.45) is 0 Å². The number of rotatable bonds is 4. The lowest BCUT2D eigenvalue weighted by Gasteiger charge is -2.12. The summed E-state index contributed by atoms with van der Waals surface area (Å²) < 4.78 is 37.6. The summed E-state index contributed by atoms with van der Waals surface area (Å²) in [6.07, 6.45) is 0. The Kier molecular flexibility index (Phi) is 5.11. The Bertz CT molecular complexity index is 909. The van der Waals surface area contributed by atoms with Crippen molar-refractivity contribution < 1.29 is 18.3 Å². The van der Waals surface area contributed by atoms with Crippen LogP contribution in [0.5, 0.6) is 23.0 Å². The Balaban J connectivity index is 1.80. The van der Waals surface area contributed by atoms with Gasteiger partial charge in [0.2, 0.25) is 0 Å². The summed E-state index contributed by atoms with van der Waals surface area (Å²) in [5.41, 5.74) is 0.860.